The van der Waals surface area contributed by atoms with Crippen molar-refractivity contribution in [3.05, 3.63) is 64.6 Å². The molecule has 1 N–H and O–H groups in total. The number of nitrogens with one attached hydrogen (secondary N) is 1. The molecule has 0 aliphatic carbocycles. The number of nitrogens with zero attached hydrogens (tertiary/aromatic N) is 1. The Morgan fingerprint density at radius 3 is 2.52 bits per heavy atom. The van der Waals surface area contributed by atoms with Gasteiger partial charge in [-0.3, -0.25) is 4.79 Å². The number of carbonyl (C=O) groups is 1. The van der Waals surface area contributed by atoms with Crippen molar-refractivity contribution in [2.45, 2.75) is 25.8 Å². The molecule has 1 aliphatic rings. The highest BCUT2D eigenvalue weighted by Gasteiger charge is 2.30. The number of methoxy groups -OCH3 is 2. The van der Waals surface area contributed by atoms with Gasteiger partial charge in [-0.2, -0.15) is 0 Å². The van der Waals surface area contributed by atoms with Crippen LogP contribution in [0.3, 0.4) is 0 Å². The van der Waals surface area contributed by atoms with Crippen molar-refractivity contribution >= 4 is 22.0 Å². The van der Waals surface area contributed by atoms with Crippen molar-refractivity contribution in [2.24, 2.45) is 0 Å². The van der Waals surface area contributed by atoms with E-state index in [1.54, 1.807) is 19.1 Å². The van der Waals surface area contributed by atoms with Gasteiger partial charge in [-0.25, -0.2) is 13.1 Å². The second kappa shape index (κ2) is 9.98. The summed E-state index contributed by atoms with van der Waals surface area (Å²) in [5.74, 6) is 0.959. The third kappa shape index (κ3) is 5.86. The number of amides is 1. The standard InChI is InChI=1S/C23H28N2O5S/c1-17-6-8-18(9-7-17)12-14-31(27,28)24-16-23(26)25-13-4-5-20(25)19-10-11-21(29-2)22(15-19)30-3/h6-12,14-15,20,24H,4-5,13,16H2,1-3H3. The fourth-order valence-corrected chi connectivity index (χ4v) is 4.39. The largest absolute Gasteiger partial charge is 0.493 e. The average molecular weight is 445 g/mol. The minimum absolute atomic E-state index is 0.125. The van der Waals surface area contributed by atoms with Crippen LogP contribution < -0.4 is 14.2 Å². The molecule has 2 aromatic carbocycles. The summed E-state index contributed by atoms with van der Waals surface area (Å²) in [6.45, 7) is 2.26. The van der Waals surface area contributed by atoms with Gasteiger partial charge in [0.05, 0.1) is 26.8 Å². The van der Waals surface area contributed by atoms with Crippen LogP contribution in [0.5, 0.6) is 11.5 Å². The first kappa shape index (κ1) is 22.8. The van der Waals surface area contributed by atoms with Crippen LogP contribution in [0, 0.1) is 6.92 Å². The molecule has 1 heterocycles. The molecule has 31 heavy (non-hydrogen) atoms. The Balaban J connectivity index is 1.64. The van der Waals surface area contributed by atoms with E-state index in [0.717, 1.165) is 34.9 Å². The van der Waals surface area contributed by atoms with Crippen molar-refractivity contribution in [3.8, 4) is 11.5 Å². The first-order valence-corrected chi connectivity index (χ1v) is 11.6. The first-order valence-electron chi connectivity index (χ1n) is 10.1. The summed E-state index contributed by atoms with van der Waals surface area (Å²) in [5.41, 5.74) is 2.80. The van der Waals surface area contributed by atoms with Gasteiger partial charge in [0.2, 0.25) is 15.9 Å². The molecular weight excluding hydrogens is 416 g/mol. The highest BCUT2D eigenvalue weighted by atomic mass is 32.2. The number of aryl methyl sites for hydroxylation is 1. The van der Waals surface area contributed by atoms with E-state index in [1.807, 2.05) is 49.4 Å². The van der Waals surface area contributed by atoms with Crippen molar-refractivity contribution in [3.63, 3.8) is 0 Å². The fraction of sp³-hybridized carbons (Fsp3) is 0.348. The van der Waals surface area contributed by atoms with Crippen LogP contribution in [0.2, 0.25) is 0 Å². The quantitative estimate of drug-likeness (QED) is 0.676. The maximum absolute atomic E-state index is 12.8. The van der Waals surface area contributed by atoms with E-state index < -0.39 is 10.0 Å². The lowest BCUT2D eigenvalue weighted by molar-refractivity contribution is -0.130. The minimum Gasteiger partial charge on any atom is -0.493 e. The van der Waals surface area contributed by atoms with Crippen molar-refractivity contribution in [1.29, 1.82) is 0 Å². The Morgan fingerprint density at radius 1 is 1.13 bits per heavy atom. The molecule has 8 heteroatoms. The molecule has 0 radical (unpaired) electrons. The monoisotopic (exact) mass is 444 g/mol. The Morgan fingerprint density at radius 2 is 1.84 bits per heavy atom. The van der Waals surface area contributed by atoms with E-state index in [9.17, 15) is 13.2 Å². The maximum Gasteiger partial charge on any atom is 0.238 e. The molecule has 1 amide bonds. The fourth-order valence-electron chi connectivity index (χ4n) is 3.63. The van der Waals surface area contributed by atoms with Gasteiger partial charge in [0.15, 0.2) is 11.5 Å². The predicted molar refractivity (Wildman–Crippen MR) is 120 cm³/mol. The average Bonchev–Trinajstić information content (AvgIpc) is 3.27. The summed E-state index contributed by atoms with van der Waals surface area (Å²) in [6, 6.07) is 13.0. The summed E-state index contributed by atoms with van der Waals surface area (Å²) < 4.78 is 37.6. The van der Waals surface area contributed by atoms with Gasteiger partial charge < -0.3 is 14.4 Å². The number of hydrogen-bond acceptors (Lipinski definition) is 5. The van der Waals surface area contributed by atoms with E-state index >= 15 is 0 Å². The minimum atomic E-state index is -3.73. The summed E-state index contributed by atoms with van der Waals surface area (Å²) in [5, 5.41) is 1.08. The number of sulfonamides is 1. The third-order valence-corrected chi connectivity index (χ3v) is 6.35. The highest BCUT2D eigenvalue weighted by molar-refractivity contribution is 7.92. The van der Waals surface area contributed by atoms with Crippen LogP contribution in [-0.2, 0) is 14.8 Å². The Hall–Kier alpha value is -2.84. The molecule has 1 atom stereocenters. The molecule has 1 fully saturated rings. The number of rotatable bonds is 8. The zero-order valence-corrected chi connectivity index (χ0v) is 18.8. The molecule has 3 rings (SSSR count). The van der Waals surface area contributed by atoms with Gasteiger partial charge in [-0.05, 0) is 49.1 Å². The molecule has 0 aromatic heterocycles. The molecule has 0 spiro atoms. The van der Waals surface area contributed by atoms with Crippen LogP contribution in [0.25, 0.3) is 6.08 Å². The van der Waals surface area contributed by atoms with Gasteiger partial charge in [0.25, 0.3) is 0 Å². The molecule has 7 nitrogen and oxygen atoms in total. The van der Waals surface area contributed by atoms with Gasteiger partial charge >= 0.3 is 0 Å². The lowest BCUT2D eigenvalue weighted by Crippen LogP contribution is -2.39. The normalized spacial score (nSPS) is 16.6. The smallest absolute Gasteiger partial charge is 0.238 e. The van der Waals surface area contributed by atoms with Crippen LogP contribution in [0.15, 0.2) is 47.9 Å². The molecule has 0 saturated carbocycles. The SMILES string of the molecule is COc1ccc(C2CCCN2C(=O)CNS(=O)(=O)C=Cc2ccc(C)cc2)cc1OC. The predicted octanol–water partition coefficient (Wildman–Crippen LogP) is 3.27. The van der Waals surface area contributed by atoms with Gasteiger partial charge in [0.1, 0.15) is 0 Å². The summed E-state index contributed by atoms with van der Waals surface area (Å²) in [6.07, 6.45) is 3.17. The van der Waals surface area contributed by atoms with E-state index in [0.29, 0.717) is 18.0 Å². The molecule has 166 valence electrons. The molecule has 0 bridgehead atoms. The number of hydrogen-bond donors (Lipinski definition) is 1. The van der Waals surface area contributed by atoms with Crippen molar-refractivity contribution in [1.82, 2.24) is 9.62 Å². The molecule has 2 aromatic rings. The summed E-state index contributed by atoms with van der Waals surface area (Å²) >= 11 is 0. The zero-order chi connectivity index (χ0) is 22.4. The Labute approximate surface area is 183 Å². The molecule has 1 unspecified atom stereocenters. The summed E-state index contributed by atoms with van der Waals surface area (Å²) in [7, 11) is -0.592. The van der Waals surface area contributed by atoms with Crippen molar-refractivity contribution < 1.29 is 22.7 Å². The third-order valence-electron chi connectivity index (χ3n) is 5.31. The molecular formula is C23H28N2O5S. The van der Waals surface area contributed by atoms with Crippen LogP contribution >= 0.6 is 0 Å². The zero-order valence-electron chi connectivity index (χ0n) is 18.0. The number of likely N-dealkylation sites (tertiary alicyclic amines) is 1. The maximum atomic E-state index is 12.8. The second-order valence-corrected chi connectivity index (χ2v) is 9.09. The Bertz CT molecular complexity index is 1050. The van der Waals surface area contributed by atoms with Crippen LogP contribution in [-0.4, -0.2) is 46.5 Å². The second-order valence-electron chi connectivity index (χ2n) is 7.44. The van der Waals surface area contributed by atoms with Crippen LogP contribution in [0.1, 0.15) is 35.6 Å². The number of carbonyl (C=O) groups excluding carboxylic acids is 1. The number of benzene rings is 2. The summed E-state index contributed by atoms with van der Waals surface area (Å²) in [4.78, 5) is 14.5. The molecule has 1 saturated heterocycles. The lowest BCUT2D eigenvalue weighted by atomic mass is 10.0. The molecule has 1 aliphatic heterocycles. The van der Waals surface area contributed by atoms with Gasteiger partial charge in [-0.1, -0.05) is 35.9 Å². The van der Waals surface area contributed by atoms with Gasteiger partial charge in [0, 0.05) is 12.0 Å². The first-order chi connectivity index (χ1) is 14.8. The van der Waals surface area contributed by atoms with Gasteiger partial charge in [-0.15, -0.1) is 0 Å². The lowest BCUT2D eigenvalue weighted by Gasteiger charge is -2.25. The van der Waals surface area contributed by atoms with E-state index in [2.05, 4.69) is 4.72 Å². The highest BCUT2D eigenvalue weighted by Crippen LogP contribution is 2.36. The van der Waals surface area contributed by atoms with E-state index in [-0.39, 0.29) is 18.5 Å². The van der Waals surface area contributed by atoms with E-state index in [4.69, 9.17) is 9.47 Å². The van der Waals surface area contributed by atoms with Crippen LogP contribution in [0.4, 0.5) is 0 Å². The number of ether oxygens (including phenoxy) is 2. The van der Waals surface area contributed by atoms with Crippen molar-refractivity contribution in [2.75, 3.05) is 27.3 Å². The topological polar surface area (TPSA) is 84.9 Å². The Kier molecular flexibility index (Phi) is 7.35. The van der Waals surface area contributed by atoms with E-state index in [1.165, 1.54) is 6.08 Å².